The zero-order chi connectivity index (χ0) is 14.6. The third kappa shape index (κ3) is 3.79. The number of nitrogens with zero attached hydrogens (tertiary/aromatic N) is 1. The largest absolute Gasteiger partial charge is 0.477 e. The zero-order valence-electron chi connectivity index (χ0n) is 11.1. The Morgan fingerprint density at radius 3 is 2.63 bits per heavy atom. The first-order valence-electron chi connectivity index (χ1n) is 5.77. The van der Waals surface area contributed by atoms with Crippen molar-refractivity contribution in [3.63, 3.8) is 0 Å². The minimum Gasteiger partial charge on any atom is -0.477 e. The van der Waals surface area contributed by atoms with Gasteiger partial charge in [-0.15, -0.1) is 0 Å². The monoisotopic (exact) mass is 290 g/mol. The highest BCUT2D eigenvalue weighted by Crippen LogP contribution is 2.14. The quantitative estimate of drug-likeness (QED) is 0.763. The molecule has 7 nitrogen and oxygen atoms in total. The van der Waals surface area contributed by atoms with Crippen molar-refractivity contribution in [3.05, 3.63) is 18.0 Å². The van der Waals surface area contributed by atoms with Gasteiger partial charge in [0.2, 0.25) is 10.0 Å². The number of aromatic nitrogens is 1. The number of rotatable bonds is 7. The number of carbonyl (C=O) groups is 1. The van der Waals surface area contributed by atoms with Crippen molar-refractivity contribution in [2.75, 3.05) is 13.7 Å². The zero-order valence-corrected chi connectivity index (χ0v) is 11.9. The molecule has 19 heavy (non-hydrogen) atoms. The first kappa shape index (κ1) is 15.7. The molecular weight excluding hydrogens is 272 g/mol. The molecule has 0 saturated heterocycles. The molecule has 0 amide bonds. The highest BCUT2D eigenvalue weighted by atomic mass is 32.2. The van der Waals surface area contributed by atoms with Crippen molar-refractivity contribution < 1.29 is 23.1 Å². The second kappa shape index (κ2) is 6.18. The Morgan fingerprint density at radius 2 is 2.21 bits per heavy atom. The van der Waals surface area contributed by atoms with E-state index in [0.29, 0.717) is 6.54 Å². The number of aromatic carboxylic acids is 1. The highest BCUT2D eigenvalue weighted by molar-refractivity contribution is 7.89. The predicted octanol–water partition coefficient (Wildman–Crippen LogP) is 0.519. The maximum absolute atomic E-state index is 12.0. The second-order valence-electron chi connectivity index (χ2n) is 4.05. The summed E-state index contributed by atoms with van der Waals surface area (Å²) >= 11 is 0. The van der Waals surface area contributed by atoms with Crippen LogP contribution in [0.3, 0.4) is 0 Å². The number of aryl methyl sites for hydroxylation is 1. The molecule has 0 aliphatic heterocycles. The van der Waals surface area contributed by atoms with Gasteiger partial charge in [0.05, 0.1) is 6.10 Å². The lowest BCUT2D eigenvalue weighted by Crippen LogP contribution is -2.31. The first-order chi connectivity index (χ1) is 8.81. The molecule has 1 heterocycles. The Kier molecular flexibility index (Phi) is 5.10. The van der Waals surface area contributed by atoms with Crippen LogP contribution in [-0.2, 0) is 21.3 Å². The van der Waals surface area contributed by atoms with Crippen molar-refractivity contribution >= 4 is 16.0 Å². The first-order valence-corrected chi connectivity index (χ1v) is 7.26. The van der Waals surface area contributed by atoms with Crippen LogP contribution in [-0.4, -0.2) is 43.8 Å². The van der Waals surface area contributed by atoms with Gasteiger partial charge in [0.1, 0.15) is 10.6 Å². The minimum atomic E-state index is -3.72. The van der Waals surface area contributed by atoms with E-state index in [2.05, 4.69) is 4.72 Å². The summed E-state index contributed by atoms with van der Waals surface area (Å²) in [5, 5.41) is 8.98. The number of carboxylic acid groups (broad SMARTS) is 1. The summed E-state index contributed by atoms with van der Waals surface area (Å²) in [7, 11) is -2.24. The average molecular weight is 290 g/mol. The van der Waals surface area contributed by atoms with E-state index in [1.165, 1.54) is 17.9 Å². The van der Waals surface area contributed by atoms with Crippen molar-refractivity contribution in [2.24, 2.45) is 0 Å². The van der Waals surface area contributed by atoms with Crippen LogP contribution < -0.4 is 4.72 Å². The van der Waals surface area contributed by atoms with Gasteiger partial charge < -0.3 is 14.4 Å². The predicted molar refractivity (Wildman–Crippen MR) is 68.7 cm³/mol. The highest BCUT2D eigenvalue weighted by Gasteiger charge is 2.21. The summed E-state index contributed by atoms with van der Waals surface area (Å²) < 4.78 is 32.7. The lowest BCUT2D eigenvalue weighted by molar-refractivity contribution is 0.0685. The molecule has 0 aromatic carbocycles. The second-order valence-corrected chi connectivity index (χ2v) is 5.82. The van der Waals surface area contributed by atoms with Crippen molar-refractivity contribution in [2.45, 2.75) is 31.4 Å². The fourth-order valence-electron chi connectivity index (χ4n) is 1.46. The van der Waals surface area contributed by atoms with Gasteiger partial charge in [-0.05, 0) is 19.9 Å². The number of hydrogen-bond acceptors (Lipinski definition) is 4. The number of nitrogens with one attached hydrogen (secondary N) is 1. The normalized spacial score (nSPS) is 13.4. The van der Waals surface area contributed by atoms with E-state index in [9.17, 15) is 13.2 Å². The fraction of sp³-hybridized carbons (Fsp3) is 0.545. The summed E-state index contributed by atoms with van der Waals surface area (Å²) in [4.78, 5) is 10.9. The van der Waals surface area contributed by atoms with E-state index in [1.807, 2.05) is 0 Å². The molecule has 0 bridgehead atoms. The summed E-state index contributed by atoms with van der Waals surface area (Å²) in [6, 6.07) is 1.14. The topological polar surface area (TPSA) is 97.6 Å². The van der Waals surface area contributed by atoms with Crippen LogP contribution in [0.15, 0.2) is 17.2 Å². The summed E-state index contributed by atoms with van der Waals surface area (Å²) in [6.45, 7) is 3.97. The molecule has 1 atom stereocenters. The lowest BCUT2D eigenvalue weighted by Gasteiger charge is -2.10. The maximum atomic E-state index is 12.0. The van der Waals surface area contributed by atoms with Gasteiger partial charge >= 0.3 is 5.97 Å². The van der Waals surface area contributed by atoms with Crippen LogP contribution in [0.4, 0.5) is 0 Å². The molecule has 2 N–H and O–H groups in total. The van der Waals surface area contributed by atoms with E-state index in [1.54, 1.807) is 13.8 Å². The fourth-order valence-corrected chi connectivity index (χ4v) is 2.62. The summed E-state index contributed by atoms with van der Waals surface area (Å²) in [6.07, 6.45) is 1.05. The smallest absolute Gasteiger partial charge is 0.352 e. The molecule has 0 aliphatic rings. The molecule has 0 saturated carbocycles. The molecule has 1 aromatic heterocycles. The lowest BCUT2D eigenvalue weighted by atomic mass is 10.4. The van der Waals surface area contributed by atoms with Gasteiger partial charge in [0, 0.05) is 26.4 Å². The molecule has 1 rings (SSSR count). The molecular formula is C11H18N2O5S. The molecule has 8 heteroatoms. The van der Waals surface area contributed by atoms with Crippen LogP contribution in [0.5, 0.6) is 0 Å². The number of ether oxygens (including phenoxy) is 1. The Hall–Kier alpha value is -1.38. The maximum Gasteiger partial charge on any atom is 0.352 e. The van der Waals surface area contributed by atoms with Gasteiger partial charge in [-0.2, -0.15) is 0 Å². The molecule has 0 spiro atoms. The third-order valence-electron chi connectivity index (χ3n) is 2.70. The van der Waals surface area contributed by atoms with Crippen molar-refractivity contribution in [1.29, 1.82) is 0 Å². The summed E-state index contributed by atoms with van der Waals surface area (Å²) in [5.74, 6) is -1.16. The van der Waals surface area contributed by atoms with E-state index >= 15 is 0 Å². The molecule has 0 fully saturated rings. The molecule has 1 aromatic rings. The minimum absolute atomic E-state index is 0.0531. The van der Waals surface area contributed by atoms with E-state index in [-0.39, 0.29) is 23.2 Å². The standard InChI is InChI=1S/C11H18N2O5S/c1-4-13-7-9(5-10(13)11(14)15)19(16,17)12-6-8(2)18-3/h5,7-8,12H,4,6H2,1-3H3,(H,14,15). The van der Waals surface area contributed by atoms with Crippen molar-refractivity contribution in [3.8, 4) is 0 Å². The molecule has 0 radical (unpaired) electrons. The van der Waals surface area contributed by atoms with Crippen LogP contribution in [0.25, 0.3) is 0 Å². The Labute approximate surface area is 112 Å². The number of hydrogen-bond donors (Lipinski definition) is 2. The van der Waals surface area contributed by atoms with Crippen LogP contribution in [0.1, 0.15) is 24.3 Å². The van der Waals surface area contributed by atoms with Crippen LogP contribution in [0.2, 0.25) is 0 Å². The van der Waals surface area contributed by atoms with E-state index in [0.717, 1.165) is 6.07 Å². The Balaban J connectivity index is 2.99. The number of carboxylic acids is 1. The molecule has 0 aliphatic carbocycles. The van der Waals surface area contributed by atoms with Crippen LogP contribution >= 0.6 is 0 Å². The average Bonchev–Trinajstić information content (AvgIpc) is 2.81. The third-order valence-corrected chi connectivity index (χ3v) is 4.10. The Bertz CT molecular complexity index is 549. The summed E-state index contributed by atoms with van der Waals surface area (Å²) in [5.41, 5.74) is -0.0531. The van der Waals surface area contributed by atoms with Gasteiger partial charge in [0.15, 0.2) is 0 Å². The Morgan fingerprint density at radius 1 is 1.58 bits per heavy atom. The van der Waals surface area contributed by atoms with Gasteiger partial charge in [-0.25, -0.2) is 17.9 Å². The number of sulfonamides is 1. The van der Waals surface area contributed by atoms with E-state index < -0.39 is 16.0 Å². The van der Waals surface area contributed by atoms with Gasteiger partial charge in [-0.3, -0.25) is 0 Å². The van der Waals surface area contributed by atoms with Gasteiger partial charge in [0.25, 0.3) is 0 Å². The number of methoxy groups -OCH3 is 1. The molecule has 1 unspecified atom stereocenters. The van der Waals surface area contributed by atoms with Crippen molar-refractivity contribution in [1.82, 2.24) is 9.29 Å². The SMILES string of the molecule is CCn1cc(S(=O)(=O)NCC(C)OC)cc1C(=O)O. The van der Waals surface area contributed by atoms with E-state index in [4.69, 9.17) is 9.84 Å². The van der Waals surface area contributed by atoms with Crippen LogP contribution in [0, 0.1) is 0 Å². The van der Waals surface area contributed by atoms with Gasteiger partial charge in [-0.1, -0.05) is 0 Å². The molecule has 108 valence electrons.